The molecule has 0 N–H and O–H groups in total. The lowest BCUT2D eigenvalue weighted by molar-refractivity contribution is 0.324. The quantitative estimate of drug-likeness (QED) is 0.779. The van der Waals surface area contributed by atoms with Gasteiger partial charge in [0.25, 0.3) is 0 Å². The van der Waals surface area contributed by atoms with Crippen molar-refractivity contribution < 1.29 is 18.9 Å². The second-order valence-electron chi connectivity index (χ2n) is 6.03. The number of hydrogen-bond donors (Lipinski definition) is 0. The van der Waals surface area contributed by atoms with Crippen LogP contribution < -0.4 is 23.8 Å². The third-order valence-corrected chi connectivity index (χ3v) is 4.36. The van der Waals surface area contributed by atoms with Crippen LogP contribution in [0.25, 0.3) is 6.08 Å². The molecule has 0 fully saturated rings. The Bertz CT molecular complexity index is 819. The molecule has 0 atom stereocenters. The zero-order valence-electron chi connectivity index (χ0n) is 16.1. The fraction of sp³-hybridized carbons (Fsp3) is 0.286. The minimum Gasteiger partial charge on any atom is -0.497 e. The summed E-state index contributed by atoms with van der Waals surface area (Å²) in [6.45, 7) is 1.38. The Balaban J connectivity index is 1.86. The smallest absolute Gasteiger partial charge is 0.203 e. The van der Waals surface area contributed by atoms with Gasteiger partial charge in [-0.05, 0) is 53.6 Å². The summed E-state index contributed by atoms with van der Waals surface area (Å²) in [7, 11) is 6.49. The predicted octanol–water partition coefficient (Wildman–Crippen LogP) is 3.65. The van der Waals surface area contributed by atoms with Crippen molar-refractivity contribution in [3.63, 3.8) is 0 Å². The Morgan fingerprint density at radius 2 is 1.56 bits per heavy atom. The van der Waals surface area contributed by atoms with Crippen LogP contribution in [0.15, 0.2) is 47.0 Å². The minimum atomic E-state index is 0.583. The molecule has 0 aromatic heterocycles. The van der Waals surface area contributed by atoms with Crippen LogP contribution in [0.3, 0.4) is 0 Å². The van der Waals surface area contributed by atoms with Crippen molar-refractivity contribution in [2.45, 2.75) is 0 Å². The van der Waals surface area contributed by atoms with E-state index in [1.807, 2.05) is 42.6 Å². The molecule has 0 unspecified atom stereocenters. The molecule has 1 aliphatic heterocycles. The first-order valence-electron chi connectivity index (χ1n) is 8.58. The standard InChI is InChI=1S/C21H24N2O4/c1-24-18-7-5-17(6-8-18)23-13-16(12-22-14-23)9-15-10-19(25-2)21(27-4)20(11-15)26-3/h5-12H,13-14H2,1-4H3/b16-9+. The molecule has 6 heteroatoms. The van der Waals surface area contributed by atoms with Gasteiger partial charge in [-0.1, -0.05) is 0 Å². The molecule has 0 radical (unpaired) electrons. The van der Waals surface area contributed by atoms with E-state index in [1.165, 1.54) is 0 Å². The first-order chi connectivity index (χ1) is 13.2. The largest absolute Gasteiger partial charge is 0.497 e. The average molecular weight is 368 g/mol. The molecular formula is C21H24N2O4. The molecule has 0 saturated heterocycles. The highest BCUT2D eigenvalue weighted by Gasteiger charge is 2.15. The topological polar surface area (TPSA) is 52.5 Å². The van der Waals surface area contributed by atoms with Crippen molar-refractivity contribution in [3.05, 3.63) is 47.5 Å². The van der Waals surface area contributed by atoms with E-state index >= 15 is 0 Å². The molecular weight excluding hydrogens is 344 g/mol. The van der Waals surface area contributed by atoms with Crippen molar-refractivity contribution in [3.8, 4) is 23.0 Å². The summed E-state index contributed by atoms with van der Waals surface area (Å²) in [5.74, 6) is 2.68. The molecule has 0 spiro atoms. The Morgan fingerprint density at radius 3 is 2.11 bits per heavy atom. The molecule has 142 valence electrons. The first kappa shape index (κ1) is 18.6. The van der Waals surface area contributed by atoms with Crippen molar-refractivity contribution in [1.82, 2.24) is 0 Å². The van der Waals surface area contributed by atoms with Crippen molar-refractivity contribution in [2.24, 2.45) is 4.99 Å². The van der Waals surface area contributed by atoms with Crippen molar-refractivity contribution in [1.29, 1.82) is 0 Å². The van der Waals surface area contributed by atoms with Crippen LogP contribution >= 0.6 is 0 Å². The van der Waals surface area contributed by atoms with Crippen molar-refractivity contribution in [2.75, 3.05) is 46.6 Å². The van der Waals surface area contributed by atoms with Crippen LogP contribution in [0.1, 0.15) is 5.56 Å². The highest BCUT2D eigenvalue weighted by atomic mass is 16.5. The second kappa shape index (κ2) is 8.49. The molecule has 1 aliphatic rings. The van der Waals surface area contributed by atoms with Gasteiger partial charge in [-0.2, -0.15) is 0 Å². The van der Waals surface area contributed by atoms with E-state index in [-0.39, 0.29) is 0 Å². The van der Waals surface area contributed by atoms with Gasteiger partial charge in [0.05, 0.1) is 28.4 Å². The first-order valence-corrected chi connectivity index (χ1v) is 8.58. The van der Waals surface area contributed by atoms with Crippen LogP contribution in [-0.2, 0) is 0 Å². The summed E-state index contributed by atoms with van der Waals surface area (Å²) in [5, 5.41) is 0. The molecule has 1 heterocycles. The highest BCUT2D eigenvalue weighted by molar-refractivity contribution is 5.88. The molecule has 0 bridgehead atoms. The maximum Gasteiger partial charge on any atom is 0.203 e. The van der Waals surface area contributed by atoms with Gasteiger partial charge >= 0.3 is 0 Å². The summed E-state index contributed by atoms with van der Waals surface area (Å²) in [6, 6.07) is 11.8. The monoisotopic (exact) mass is 368 g/mol. The number of ether oxygens (including phenoxy) is 4. The van der Waals surface area contributed by atoms with Crippen LogP contribution in [0, 0.1) is 0 Å². The Hall–Kier alpha value is -3.15. The maximum absolute atomic E-state index is 5.43. The van der Waals surface area contributed by atoms with Gasteiger partial charge in [-0.3, -0.25) is 4.99 Å². The minimum absolute atomic E-state index is 0.583. The molecule has 0 aliphatic carbocycles. The molecule has 27 heavy (non-hydrogen) atoms. The lowest BCUT2D eigenvalue weighted by Gasteiger charge is -2.26. The van der Waals surface area contributed by atoms with Crippen molar-refractivity contribution >= 4 is 18.0 Å². The number of nitrogens with zero attached hydrogens (tertiary/aromatic N) is 2. The molecule has 2 aromatic rings. The lowest BCUT2D eigenvalue weighted by Crippen LogP contribution is -2.29. The summed E-state index contributed by atoms with van der Waals surface area (Å²) < 4.78 is 21.5. The Morgan fingerprint density at radius 1 is 0.889 bits per heavy atom. The Labute approximate surface area is 159 Å². The van der Waals surface area contributed by atoms with E-state index in [4.69, 9.17) is 18.9 Å². The number of anilines is 1. The highest BCUT2D eigenvalue weighted by Crippen LogP contribution is 2.38. The molecule has 0 amide bonds. The zero-order chi connectivity index (χ0) is 19.2. The molecule has 0 saturated carbocycles. The van der Waals surface area contributed by atoms with Gasteiger partial charge in [-0.25, -0.2) is 0 Å². The average Bonchev–Trinajstić information content (AvgIpc) is 2.73. The van der Waals surface area contributed by atoms with Gasteiger partial charge < -0.3 is 23.8 Å². The number of rotatable bonds is 6. The Kier molecular flexibility index (Phi) is 5.86. The van der Waals surface area contributed by atoms with E-state index in [2.05, 4.69) is 16.0 Å². The molecule has 2 aromatic carbocycles. The maximum atomic E-state index is 5.43. The van der Waals surface area contributed by atoms with Crippen LogP contribution in [0.5, 0.6) is 23.0 Å². The van der Waals surface area contributed by atoms with Gasteiger partial charge in [0.15, 0.2) is 11.5 Å². The normalized spacial score (nSPS) is 15.0. The number of benzene rings is 2. The summed E-state index contributed by atoms with van der Waals surface area (Å²) >= 11 is 0. The van der Waals surface area contributed by atoms with E-state index in [1.54, 1.807) is 28.4 Å². The van der Waals surface area contributed by atoms with Crippen LogP contribution in [0.2, 0.25) is 0 Å². The fourth-order valence-corrected chi connectivity index (χ4v) is 3.02. The summed E-state index contributed by atoms with van der Waals surface area (Å²) in [4.78, 5) is 6.69. The number of aliphatic imine (C=N–C) groups is 1. The summed E-state index contributed by atoms with van der Waals surface area (Å²) in [5.41, 5.74) is 3.15. The number of hydrogen-bond acceptors (Lipinski definition) is 6. The SMILES string of the molecule is COc1ccc(N2CN=C/C(=C\c3cc(OC)c(OC)c(OC)c3)C2)cc1. The summed E-state index contributed by atoms with van der Waals surface area (Å²) in [6.07, 6.45) is 3.98. The van der Waals surface area contributed by atoms with Gasteiger partial charge in [0.2, 0.25) is 5.75 Å². The predicted molar refractivity (Wildman–Crippen MR) is 108 cm³/mol. The van der Waals surface area contributed by atoms with E-state index < -0.39 is 0 Å². The number of methoxy groups -OCH3 is 4. The third kappa shape index (κ3) is 4.16. The van der Waals surface area contributed by atoms with E-state index in [9.17, 15) is 0 Å². The second-order valence-corrected chi connectivity index (χ2v) is 6.03. The molecule has 6 nitrogen and oxygen atoms in total. The van der Waals surface area contributed by atoms with E-state index in [0.717, 1.165) is 29.1 Å². The van der Waals surface area contributed by atoms with Crippen LogP contribution in [0.4, 0.5) is 5.69 Å². The third-order valence-electron chi connectivity index (χ3n) is 4.36. The fourth-order valence-electron chi connectivity index (χ4n) is 3.02. The van der Waals surface area contributed by atoms with Gasteiger partial charge in [0, 0.05) is 18.4 Å². The molecule has 3 rings (SSSR count). The van der Waals surface area contributed by atoms with Gasteiger partial charge in [-0.15, -0.1) is 0 Å². The van der Waals surface area contributed by atoms with E-state index in [0.29, 0.717) is 23.9 Å². The van der Waals surface area contributed by atoms with Crippen LogP contribution in [-0.4, -0.2) is 47.9 Å². The van der Waals surface area contributed by atoms with Gasteiger partial charge in [0.1, 0.15) is 12.4 Å². The zero-order valence-corrected chi connectivity index (χ0v) is 16.1. The lowest BCUT2D eigenvalue weighted by atomic mass is 10.1.